The molecular weight excluding hydrogens is 605 g/mol. The van der Waals surface area contributed by atoms with Crippen molar-refractivity contribution in [1.82, 2.24) is 15.2 Å². The quantitative estimate of drug-likeness (QED) is 0.268. The van der Waals surface area contributed by atoms with Gasteiger partial charge in [0.05, 0.1) is 16.5 Å². The van der Waals surface area contributed by atoms with E-state index in [1.165, 1.54) is 22.6 Å². The smallest absolute Gasteiger partial charge is 0.229 e. The maximum atomic E-state index is 13.9. The first-order valence-corrected chi connectivity index (χ1v) is 19.0. The predicted molar refractivity (Wildman–Crippen MR) is 182 cm³/mol. The Morgan fingerprint density at radius 3 is 2.78 bits per heavy atom. The number of nitrogens with zero attached hydrogens (tertiary/aromatic N) is 2. The van der Waals surface area contributed by atoms with Gasteiger partial charge in [0.15, 0.2) is 5.78 Å². The molecule has 45 heavy (non-hydrogen) atoms. The van der Waals surface area contributed by atoms with Crippen molar-refractivity contribution in [2.75, 3.05) is 37.2 Å². The van der Waals surface area contributed by atoms with Crippen LogP contribution in [0.4, 0.5) is 5.69 Å². The number of amides is 1. The first-order chi connectivity index (χ1) is 21.3. The molecule has 6 rings (SSSR count). The monoisotopic (exact) mass is 650 g/mol. The highest BCUT2D eigenvalue weighted by Crippen LogP contribution is 2.40. The van der Waals surface area contributed by atoms with E-state index < -0.39 is 10.0 Å². The number of carbonyl (C=O) groups is 2. The number of hydrogen-bond donors (Lipinski definition) is 2. The molecule has 1 aliphatic carbocycles. The molecule has 1 spiro atoms. The van der Waals surface area contributed by atoms with Crippen molar-refractivity contribution in [3.05, 3.63) is 58.1 Å². The Bertz CT molecular complexity index is 1710. The lowest BCUT2D eigenvalue weighted by molar-refractivity contribution is -0.130. The molecule has 2 aliphatic heterocycles. The van der Waals surface area contributed by atoms with Crippen molar-refractivity contribution in [2.45, 2.75) is 78.1 Å². The third-order valence-electron chi connectivity index (χ3n) is 10.3. The summed E-state index contributed by atoms with van der Waals surface area (Å²) < 4.78 is 26.5. The van der Waals surface area contributed by atoms with Crippen LogP contribution in [0.25, 0.3) is 10.2 Å². The molecule has 1 unspecified atom stereocenters. The summed E-state index contributed by atoms with van der Waals surface area (Å²) in [5.41, 5.74) is 3.88. The van der Waals surface area contributed by atoms with Gasteiger partial charge in [0, 0.05) is 36.3 Å². The zero-order valence-electron chi connectivity index (χ0n) is 26.9. The second kappa shape index (κ2) is 12.4. The highest BCUT2D eigenvalue weighted by molar-refractivity contribution is 7.92. The number of sulfonamides is 1. The van der Waals surface area contributed by atoms with Gasteiger partial charge in [0.25, 0.3) is 0 Å². The van der Waals surface area contributed by atoms with Crippen LogP contribution in [0.5, 0.6) is 0 Å². The van der Waals surface area contributed by atoms with Crippen LogP contribution in [0.3, 0.4) is 0 Å². The van der Waals surface area contributed by atoms with Gasteiger partial charge in [-0.1, -0.05) is 32.9 Å². The minimum Gasteiger partial charge on any atom is -0.356 e. The second-order valence-corrected chi connectivity index (χ2v) is 17.5. The summed E-state index contributed by atoms with van der Waals surface area (Å²) in [6, 6.07) is 11.7. The number of thiophene rings is 1. The van der Waals surface area contributed by atoms with E-state index in [1.807, 2.05) is 24.3 Å². The Morgan fingerprint density at radius 1 is 1.22 bits per heavy atom. The molecule has 1 amide bonds. The van der Waals surface area contributed by atoms with Gasteiger partial charge in [-0.3, -0.25) is 14.3 Å². The van der Waals surface area contributed by atoms with Gasteiger partial charge >= 0.3 is 0 Å². The molecule has 2 N–H and O–H groups in total. The van der Waals surface area contributed by atoms with Crippen LogP contribution in [0.15, 0.2) is 36.4 Å². The van der Waals surface area contributed by atoms with E-state index in [0.717, 1.165) is 98.0 Å². The SMILES string of the molecule is CC(C)(C)[C@H]1CCc2nc3sc(C(=O)C[C@H](CCN4CCCC5(CCNC5=O)C4)c4cccc(NS(C)(=O)=O)c4)cc3cc2C1. The van der Waals surface area contributed by atoms with E-state index in [2.05, 4.69) is 41.8 Å². The predicted octanol–water partition coefficient (Wildman–Crippen LogP) is 6.17. The number of piperidine rings is 1. The number of fused-ring (bicyclic) bond motifs is 2. The van der Waals surface area contributed by atoms with E-state index in [9.17, 15) is 18.0 Å². The van der Waals surface area contributed by atoms with E-state index >= 15 is 0 Å². The van der Waals surface area contributed by atoms with Crippen LogP contribution >= 0.6 is 11.3 Å². The zero-order chi connectivity index (χ0) is 32.0. The molecule has 10 heteroatoms. The summed E-state index contributed by atoms with van der Waals surface area (Å²) in [4.78, 5) is 35.7. The number of ketones is 1. The first kappa shape index (κ1) is 32.1. The van der Waals surface area contributed by atoms with Crippen LogP contribution in [0, 0.1) is 16.7 Å². The lowest BCUT2D eigenvalue weighted by atomic mass is 9.71. The Kier molecular flexibility index (Phi) is 8.86. The molecule has 2 aromatic heterocycles. The topological polar surface area (TPSA) is 108 Å². The van der Waals surface area contributed by atoms with Gasteiger partial charge in [-0.15, -0.1) is 11.3 Å². The molecule has 3 aliphatic rings. The van der Waals surface area contributed by atoms with E-state index in [4.69, 9.17) is 4.98 Å². The van der Waals surface area contributed by atoms with Crippen molar-refractivity contribution in [1.29, 1.82) is 0 Å². The molecule has 8 nitrogen and oxygen atoms in total. The van der Waals surface area contributed by atoms with Gasteiger partial charge in [0.1, 0.15) is 4.83 Å². The molecular formula is C35H46N4O4S2. The summed E-state index contributed by atoms with van der Waals surface area (Å²) in [6.45, 7) is 10.1. The number of aryl methyl sites for hydroxylation is 1. The van der Waals surface area contributed by atoms with E-state index in [0.29, 0.717) is 18.0 Å². The third kappa shape index (κ3) is 7.28. The Hall–Kier alpha value is -2.82. The number of rotatable bonds is 9. The highest BCUT2D eigenvalue weighted by Gasteiger charge is 2.45. The maximum Gasteiger partial charge on any atom is 0.229 e. The van der Waals surface area contributed by atoms with Crippen molar-refractivity contribution in [3.63, 3.8) is 0 Å². The fourth-order valence-electron chi connectivity index (χ4n) is 7.64. The standard InChI is InChI=1S/C35H46N4O4S2/c1-34(2,3)27-9-10-29-25(18-27)17-26-21-31(44-32(26)37-29)30(40)20-24(23-7-5-8-28(19-23)38-45(4,42)43)11-16-39-15-6-12-35(22-39)13-14-36-33(35)41/h5,7-8,17,19,21,24,27,38H,6,9-16,18,20,22H2,1-4H3,(H,36,41)/t24-,27-,35?/m0/s1. The maximum absolute atomic E-state index is 13.9. The first-order valence-electron chi connectivity index (χ1n) is 16.3. The number of pyridine rings is 1. The molecule has 1 aromatic carbocycles. The lowest BCUT2D eigenvalue weighted by Gasteiger charge is -2.39. The average Bonchev–Trinajstić information content (AvgIpc) is 3.54. The van der Waals surface area contributed by atoms with Gasteiger partial charge in [-0.2, -0.15) is 0 Å². The van der Waals surface area contributed by atoms with Crippen molar-refractivity contribution >= 4 is 49.0 Å². The van der Waals surface area contributed by atoms with Gasteiger partial charge in [-0.05, 0) is 111 Å². The molecule has 0 saturated carbocycles. The van der Waals surface area contributed by atoms with Crippen molar-refractivity contribution < 1.29 is 18.0 Å². The average molecular weight is 651 g/mol. The number of benzene rings is 1. The summed E-state index contributed by atoms with van der Waals surface area (Å²) >= 11 is 1.48. The molecule has 2 fully saturated rings. The molecule has 242 valence electrons. The van der Waals surface area contributed by atoms with Crippen LogP contribution in [0.1, 0.15) is 91.7 Å². The van der Waals surface area contributed by atoms with Gasteiger partial charge in [0.2, 0.25) is 15.9 Å². The molecule has 4 heterocycles. The second-order valence-electron chi connectivity index (χ2n) is 14.7. The minimum absolute atomic E-state index is 0.0836. The highest BCUT2D eigenvalue weighted by atomic mass is 32.2. The third-order valence-corrected chi connectivity index (χ3v) is 12.0. The summed E-state index contributed by atoms with van der Waals surface area (Å²) in [5, 5.41) is 4.07. The molecule has 2 saturated heterocycles. The Balaban J connectivity index is 1.22. The number of anilines is 1. The number of hydrogen-bond acceptors (Lipinski definition) is 7. The number of aromatic nitrogens is 1. The van der Waals surface area contributed by atoms with Crippen LogP contribution in [-0.2, 0) is 27.7 Å². The summed E-state index contributed by atoms with van der Waals surface area (Å²) in [6.07, 6.45) is 8.14. The van der Waals surface area contributed by atoms with Gasteiger partial charge < -0.3 is 10.2 Å². The largest absolute Gasteiger partial charge is 0.356 e. The molecule has 3 aromatic rings. The number of likely N-dealkylation sites (tertiary alicyclic amines) is 1. The zero-order valence-corrected chi connectivity index (χ0v) is 28.6. The van der Waals surface area contributed by atoms with Crippen LogP contribution < -0.4 is 10.0 Å². The Morgan fingerprint density at radius 2 is 2.04 bits per heavy atom. The normalized spacial score (nSPS) is 23.2. The number of carbonyl (C=O) groups excluding carboxylic acids is 2. The summed E-state index contributed by atoms with van der Waals surface area (Å²) in [5.74, 6) is 0.774. The minimum atomic E-state index is -3.44. The Labute approximate surface area is 271 Å². The fourth-order valence-corrected chi connectivity index (χ4v) is 9.18. The molecule has 0 radical (unpaired) electrons. The van der Waals surface area contributed by atoms with Crippen LogP contribution in [0.2, 0.25) is 0 Å². The van der Waals surface area contributed by atoms with Crippen molar-refractivity contribution in [2.24, 2.45) is 16.7 Å². The molecule has 3 atom stereocenters. The lowest BCUT2D eigenvalue weighted by Crippen LogP contribution is -2.47. The summed E-state index contributed by atoms with van der Waals surface area (Å²) in [7, 11) is -3.44. The van der Waals surface area contributed by atoms with Crippen molar-refractivity contribution in [3.8, 4) is 0 Å². The fraction of sp³-hybridized carbons (Fsp3) is 0.571. The van der Waals surface area contributed by atoms with Gasteiger partial charge in [-0.25, -0.2) is 13.4 Å². The number of nitrogens with one attached hydrogen (secondary N) is 2. The van der Waals surface area contributed by atoms with E-state index in [-0.39, 0.29) is 28.4 Å². The number of Topliss-reactive ketones (excluding diaryl/α,β-unsaturated/α-hetero) is 1. The van der Waals surface area contributed by atoms with Crippen LogP contribution in [-0.4, -0.2) is 62.4 Å². The van der Waals surface area contributed by atoms with E-state index in [1.54, 1.807) is 6.07 Å². The molecule has 0 bridgehead atoms.